The average Bonchev–Trinajstić information content (AvgIpc) is 3.10. The molecule has 4 nitrogen and oxygen atoms in total. The van der Waals surface area contributed by atoms with E-state index in [9.17, 15) is 0 Å². The zero-order valence-electron chi connectivity index (χ0n) is 15.1. The second-order valence-electron chi connectivity index (χ2n) is 6.93. The van der Waals surface area contributed by atoms with Crippen molar-refractivity contribution in [2.75, 3.05) is 37.6 Å². The Bertz CT molecular complexity index is 782. The van der Waals surface area contributed by atoms with Crippen molar-refractivity contribution >= 4 is 28.7 Å². The van der Waals surface area contributed by atoms with Crippen molar-refractivity contribution in [1.29, 1.82) is 0 Å². The summed E-state index contributed by atoms with van der Waals surface area (Å²) in [6.45, 7) is 6.94. The van der Waals surface area contributed by atoms with Crippen LogP contribution in [0.2, 0.25) is 0 Å². The molecule has 0 amide bonds. The van der Waals surface area contributed by atoms with E-state index in [0.717, 1.165) is 43.5 Å². The molecule has 0 bridgehead atoms. The number of nitrogens with zero attached hydrogens (tertiary/aromatic N) is 4. The van der Waals surface area contributed by atoms with Crippen molar-refractivity contribution in [3.05, 3.63) is 66.2 Å². The molecule has 2 aliphatic heterocycles. The molecule has 2 aromatic carbocycles. The topological polar surface area (TPSA) is 22.1 Å². The Balaban J connectivity index is 1.41. The van der Waals surface area contributed by atoms with Gasteiger partial charge in [0.25, 0.3) is 0 Å². The van der Waals surface area contributed by atoms with Crippen molar-refractivity contribution < 1.29 is 0 Å². The van der Waals surface area contributed by atoms with Gasteiger partial charge in [0, 0.05) is 37.8 Å². The second kappa shape index (κ2) is 7.46. The summed E-state index contributed by atoms with van der Waals surface area (Å²) < 4.78 is 0. The number of hydrogen-bond donors (Lipinski definition) is 0. The molecule has 1 saturated heterocycles. The fourth-order valence-electron chi connectivity index (χ4n) is 3.65. The highest BCUT2D eigenvalue weighted by Gasteiger charge is 2.29. The van der Waals surface area contributed by atoms with Gasteiger partial charge in [0.05, 0.1) is 12.3 Å². The van der Waals surface area contributed by atoms with Crippen molar-refractivity contribution in [3.63, 3.8) is 0 Å². The molecular weight excluding hydrogens is 340 g/mol. The maximum atomic E-state index is 5.77. The lowest BCUT2D eigenvalue weighted by atomic mass is 10.00. The Morgan fingerprint density at radius 3 is 2.19 bits per heavy atom. The van der Waals surface area contributed by atoms with Crippen LogP contribution in [0.15, 0.2) is 65.8 Å². The van der Waals surface area contributed by atoms with Gasteiger partial charge in [-0.2, -0.15) is 5.10 Å². The number of benzene rings is 2. The Morgan fingerprint density at radius 2 is 1.54 bits per heavy atom. The predicted molar refractivity (Wildman–Crippen MR) is 112 cm³/mol. The molecule has 26 heavy (non-hydrogen) atoms. The minimum Gasteiger partial charge on any atom is -0.368 e. The third-order valence-electron chi connectivity index (χ3n) is 5.10. The van der Waals surface area contributed by atoms with Crippen LogP contribution in [0, 0.1) is 5.92 Å². The molecule has 2 aliphatic rings. The van der Waals surface area contributed by atoms with Crippen LogP contribution in [0.25, 0.3) is 0 Å². The van der Waals surface area contributed by atoms with E-state index in [1.807, 2.05) is 11.1 Å². The van der Waals surface area contributed by atoms with E-state index >= 15 is 0 Å². The summed E-state index contributed by atoms with van der Waals surface area (Å²) >= 11 is 5.77. The molecule has 0 aliphatic carbocycles. The molecule has 0 N–H and O–H groups in total. The highest BCUT2D eigenvalue weighted by Crippen LogP contribution is 2.22. The maximum absolute atomic E-state index is 5.77. The molecule has 0 radical (unpaired) electrons. The van der Waals surface area contributed by atoms with Crippen LogP contribution in [0.1, 0.15) is 12.5 Å². The standard InChI is InChI=1S/C21H24N4S/c1-17-16-25(22-20(17)18-8-4-2-5-9-18)21(26)24-14-12-23(13-15-24)19-10-6-3-7-11-19/h2-11,17H,12-16H2,1H3. The first-order valence-corrected chi connectivity index (χ1v) is 9.63. The van der Waals surface area contributed by atoms with Gasteiger partial charge in [0.1, 0.15) is 0 Å². The average molecular weight is 365 g/mol. The zero-order chi connectivity index (χ0) is 17.9. The monoisotopic (exact) mass is 364 g/mol. The maximum Gasteiger partial charge on any atom is 0.192 e. The fourth-order valence-corrected chi connectivity index (χ4v) is 3.94. The number of rotatable bonds is 2. The van der Waals surface area contributed by atoms with Gasteiger partial charge in [-0.05, 0) is 29.9 Å². The van der Waals surface area contributed by atoms with Crippen molar-refractivity contribution in [1.82, 2.24) is 9.91 Å². The van der Waals surface area contributed by atoms with Gasteiger partial charge in [-0.25, -0.2) is 5.01 Å². The Morgan fingerprint density at radius 1 is 0.923 bits per heavy atom. The molecule has 1 atom stereocenters. The number of hydrazone groups is 1. The highest BCUT2D eigenvalue weighted by atomic mass is 32.1. The third kappa shape index (κ3) is 3.44. The number of para-hydroxylation sites is 1. The van der Waals surface area contributed by atoms with Crippen LogP contribution in [-0.4, -0.2) is 53.5 Å². The molecular formula is C21H24N4S. The van der Waals surface area contributed by atoms with Gasteiger partial charge in [-0.15, -0.1) is 0 Å². The number of piperazine rings is 1. The number of thiocarbonyl (C=S) groups is 1. The summed E-state index contributed by atoms with van der Waals surface area (Å²) in [4.78, 5) is 4.71. The molecule has 0 saturated carbocycles. The lowest BCUT2D eigenvalue weighted by Crippen LogP contribution is -2.51. The van der Waals surface area contributed by atoms with Gasteiger partial charge >= 0.3 is 0 Å². The van der Waals surface area contributed by atoms with Gasteiger partial charge < -0.3 is 9.80 Å². The van der Waals surface area contributed by atoms with Crippen molar-refractivity contribution in [2.45, 2.75) is 6.92 Å². The number of anilines is 1. The minimum atomic E-state index is 0.390. The molecule has 2 heterocycles. The van der Waals surface area contributed by atoms with E-state index in [1.54, 1.807) is 0 Å². The summed E-state index contributed by atoms with van der Waals surface area (Å²) in [5.74, 6) is 0.390. The van der Waals surface area contributed by atoms with E-state index in [4.69, 9.17) is 17.3 Å². The van der Waals surface area contributed by atoms with Crippen LogP contribution >= 0.6 is 12.2 Å². The van der Waals surface area contributed by atoms with E-state index in [0.29, 0.717) is 5.92 Å². The van der Waals surface area contributed by atoms with E-state index < -0.39 is 0 Å². The summed E-state index contributed by atoms with van der Waals surface area (Å²) in [5, 5.41) is 7.72. The lowest BCUT2D eigenvalue weighted by Gasteiger charge is -2.38. The Kier molecular flexibility index (Phi) is 4.89. The second-order valence-corrected chi connectivity index (χ2v) is 7.29. The molecule has 5 heteroatoms. The van der Waals surface area contributed by atoms with Crippen LogP contribution in [0.4, 0.5) is 5.69 Å². The van der Waals surface area contributed by atoms with Crippen molar-refractivity contribution in [3.8, 4) is 0 Å². The van der Waals surface area contributed by atoms with Crippen LogP contribution in [-0.2, 0) is 0 Å². The molecule has 2 aromatic rings. The van der Waals surface area contributed by atoms with Gasteiger partial charge in [-0.1, -0.05) is 55.5 Å². The quantitative estimate of drug-likeness (QED) is 0.761. The Labute approximate surface area is 160 Å². The number of hydrogen-bond acceptors (Lipinski definition) is 3. The fraction of sp³-hybridized carbons (Fsp3) is 0.333. The molecule has 0 aromatic heterocycles. The first-order valence-electron chi connectivity index (χ1n) is 9.23. The predicted octanol–water partition coefficient (Wildman–Crippen LogP) is 3.45. The highest BCUT2D eigenvalue weighted by molar-refractivity contribution is 7.80. The van der Waals surface area contributed by atoms with E-state index in [1.165, 1.54) is 11.3 Å². The first-order chi connectivity index (χ1) is 12.7. The van der Waals surface area contributed by atoms with Gasteiger partial charge in [0.2, 0.25) is 0 Å². The lowest BCUT2D eigenvalue weighted by molar-refractivity contribution is 0.324. The molecule has 134 valence electrons. The van der Waals surface area contributed by atoms with Gasteiger partial charge in [-0.3, -0.25) is 0 Å². The minimum absolute atomic E-state index is 0.390. The molecule has 0 spiro atoms. The summed E-state index contributed by atoms with van der Waals surface area (Å²) in [5.41, 5.74) is 3.62. The van der Waals surface area contributed by atoms with Crippen LogP contribution in [0.3, 0.4) is 0 Å². The zero-order valence-corrected chi connectivity index (χ0v) is 15.9. The molecule has 4 rings (SSSR count). The van der Waals surface area contributed by atoms with Crippen LogP contribution < -0.4 is 4.90 Å². The SMILES string of the molecule is CC1CN(C(=S)N2CCN(c3ccccc3)CC2)N=C1c1ccccc1. The first kappa shape index (κ1) is 17.0. The molecule has 1 unspecified atom stereocenters. The summed E-state index contributed by atoms with van der Waals surface area (Å²) in [6, 6.07) is 21.0. The van der Waals surface area contributed by atoms with E-state index in [2.05, 4.69) is 71.3 Å². The smallest absolute Gasteiger partial charge is 0.192 e. The van der Waals surface area contributed by atoms with Crippen molar-refractivity contribution in [2.24, 2.45) is 11.0 Å². The third-order valence-corrected chi connectivity index (χ3v) is 5.57. The summed E-state index contributed by atoms with van der Waals surface area (Å²) in [7, 11) is 0. The molecule has 1 fully saturated rings. The van der Waals surface area contributed by atoms with Gasteiger partial charge in [0.15, 0.2) is 5.11 Å². The summed E-state index contributed by atoms with van der Waals surface area (Å²) in [6.07, 6.45) is 0. The largest absolute Gasteiger partial charge is 0.368 e. The van der Waals surface area contributed by atoms with Crippen LogP contribution in [0.5, 0.6) is 0 Å². The Hall–Kier alpha value is -2.40. The normalized spacial score (nSPS) is 20.3. The van der Waals surface area contributed by atoms with E-state index in [-0.39, 0.29) is 0 Å².